The van der Waals surface area contributed by atoms with Crippen LogP contribution in [0.25, 0.3) is 0 Å². The topological polar surface area (TPSA) is 34.5 Å². The number of hydrogen-bond acceptors (Lipinski definition) is 3. The average molecular weight is 236 g/mol. The first kappa shape index (κ1) is 9.83. The number of ether oxygens (including phenoxy) is 1. The molecule has 0 fully saturated rings. The highest BCUT2D eigenvalue weighted by Crippen LogP contribution is 2.40. The summed E-state index contributed by atoms with van der Waals surface area (Å²) in [6.07, 6.45) is 2.86. The van der Waals surface area contributed by atoms with E-state index >= 15 is 0 Å². The highest BCUT2D eigenvalue weighted by molar-refractivity contribution is 5.93. The number of aliphatic imine (C=N–C) groups is 1. The Morgan fingerprint density at radius 2 is 1.94 bits per heavy atom. The zero-order chi connectivity index (χ0) is 11.9. The molecule has 1 aliphatic carbocycles. The Balaban J connectivity index is 1.74. The van der Waals surface area contributed by atoms with Crippen LogP contribution in [0.15, 0.2) is 53.7 Å². The Morgan fingerprint density at radius 3 is 2.83 bits per heavy atom. The summed E-state index contributed by atoms with van der Waals surface area (Å²) in [6.45, 7) is 0. The van der Waals surface area contributed by atoms with Crippen molar-refractivity contribution in [3.8, 4) is 0 Å². The quantitative estimate of drug-likeness (QED) is 0.762. The summed E-state index contributed by atoms with van der Waals surface area (Å²) in [5.41, 5.74) is 3.48. The minimum absolute atomic E-state index is 0.151. The standard InChI is InChI=1S/C15H12N2O/c1-2-6-11-10(5-1)9-13-14(11)17-15(18-13)12-7-3-4-8-16-12/h1-8,13-14H,9H2/t13-,14+/m0/s1. The lowest BCUT2D eigenvalue weighted by molar-refractivity contribution is 0.206. The van der Waals surface area contributed by atoms with Gasteiger partial charge in [-0.25, -0.2) is 4.99 Å². The SMILES string of the molecule is c1ccc(C2=N[C@@H]3c4ccccc4C[C@@H]3O2)nc1. The van der Waals surface area contributed by atoms with Crippen LogP contribution in [0, 0.1) is 0 Å². The fourth-order valence-electron chi connectivity index (χ4n) is 2.71. The van der Waals surface area contributed by atoms with Gasteiger partial charge in [0.25, 0.3) is 0 Å². The van der Waals surface area contributed by atoms with E-state index in [0.29, 0.717) is 5.90 Å². The maximum atomic E-state index is 5.94. The first-order valence-corrected chi connectivity index (χ1v) is 6.15. The summed E-state index contributed by atoms with van der Waals surface area (Å²) in [6, 6.07) is 14.4. The zero-order valence-electron chi connectivity index (χ0n) is 9.78. The summed E-state index contributed by atoms with van der Waals surface area (Å²) in [5.74, 6) is 0.681. The largest absolute Gasteiger partial charge is 0.470 e. The van der Waals surface area contributed by atoms with E-state index < -0.39 is 0 Å². The van der Waals surface area contributed by atoms with Crippen LogP contribution in [0.3, 0.4) is 0 Å². The van der Waals surface area contributed by atoms with Gasteiger partial charge in [-0.3, -0.25) is 4.98 Å². The molecule has 2 heterocycles. The molecule has 1 aromatic heterocycles. The lowest BCUT2D eigenvalue weighted by atomic mass is 10.1. The van der Waals surface area contributed by atoms with Gasteiger partial charge in [-0.15, -0.1) is 0 Å². The maximum absolute atomic E-state index is 5.94. The summed E-state index contributed by atoms with van der Waals surface area (Å²) >= 11 is 0. The van der Waals surface area contributed by atoms with Gasteiger partial charge in [0.15, 0.2) is 0 Å². The number of pyridine rings is 1. The maximum Gasteiger partial charge on any atom is 0.236 e. The van der Waals surface area contributed by atoms with E-state index in [-0.39, 0.29) is 12.1 Å². The number of aromatic nitrogens is 1. The third kappa shape index (κ3) is 1.37. The minimum atomic E-state index is 0.151. The normalized spacial score (nSPS) is 24.1. The molecule has 2 aliphatic rings. The van der Waals surface area contributed by atoms with Gasteiger partial charge in [0.05, 0.1) is 0 Å². The van der Waals surface area contributed by atoms with Crippen molar-refractivity contribution < 1.29 is 4.74 Å². The van der Waals surface area contributed by atoms with E-state index in [4.69, 9.17) is 9.73 Å². The number of rotatable bonds is 1. The third-order valence-electron chi connectivity index (χ3n) is 3.55. The number of hydrogen-bond donors (Lipinski definition) is 0. The Morgan fingerprint density at radius 1 is 1.06 bits per heavy atom. The van der Waals surface area contributed by atoms with E-state index in [2.05, 4.69) is 29.2 Å². The molecule has 0 bridgehead atoms. The summed E-state index contributed by atoms with van der Waals surface area (Å²) < 4.78 is 5.94. The summed E-state index contributed by atoms with van der Waals surface area (Å²) in [4.78, 5) is 8.98. The van der Waals surface area contributed by atoms with Crippen LogP contribution < -0.4 is 0 Å². The molecule has 0 unspecified atom stereocenters. The van der Waals surface area contributed by atoms with Crippen LogP contribution in [0.1, 0.15) is 22.9 Å². The highest BCUT2D eigenvalue weighted by atomic mass is 16.5. The van der Waals surface area contributed by atoms with Crippen LogP contribution >= 0.6 is 0 Å². The van der Waals surface area contributed by atoms with Crippen molar-refractivity contribution >= 4 is 5.90 Å². The first-order chi connectivity index (χ1) is 8.92. The van der Waals surface area contributed by atoms with Gasteiger partial charge in [-0.2, -0.15) is 0 Å². The molecule has 2 atom stereocenters. The molecule has 0 saturated heterocycles. The second kappa shape index (κ2) is 3.67. The summed E-state index contributed by atoms with van der Waals surface area (Å²) in [7, 11) is 0. The van der Waals surface area contributed by atoms with Crippen molar-refractivity contribution in [1.82, 2.24) is 4.98 Å². The molecule has 0 radical (unpaired) electrons. The average Bonchev–Trinajstić information content (AvgIpc) is 2.97. The molecule has 2 aromatic rings. The molecule has 0 spiro atoms. The Bertz CT molecular complexity index is 621. The molecule has 0 saturated carbocycles. The molecule has 0 N–H and O–H groups in total. The van der Waals surface area contributed by atoms with Crippen molar-refractivity contribution in [2.45, 2.75) is 18.6 Å². The van der Waals surface area contributed by atoms with Gasteiger partial charge < -0.3 is 4.74 Å². The Hall–Kier alpha value is -2.16. The van der Waals surface area contributed by atoms with E-state index in [1.165, 1.54) is 11.1 Å². The van der Waals surface area contributed by atoms with E-state index in [0.717, 1.165) is 12.1 Å². The van der Waals surface area contributed by atoms with Crippen LogP contribution in [0.5, 0.6) is 0 Å². The molecule has 3 heteroatoms. The van der Waals surface area contributed by atoms with Gasteiger partial charge in [-0.05, 0) is 23.3 Å². The molecular formula is C15H12N2O. The van der Waals surface area contributed by atoms with Gasteiger partial charge in [-0.1, -0.05) is 30.3 Å². The number of nitrogens with zero attached hydrogens (tertiary/aromatic N) is 2. The molecule has 1 aliphatic heterocycles. The summed E-state index contributed by atoms with van der Waals surface area (Å²) in [5, 5.41) is 0. The second-order valence-electron chi connectivity index (χ2n) is 4.65. The predicted octanol–water partition coefficient (Wildman–Crippen LogP) is 2.52. The predicted molar refractivity (Wildman–Crippen MR) is 68.5 cm³/mol. The Kier molecular flexibility index (Phi) is 2.00. The van der Waals surface area contributed by atoms with Gasteiger partial charge in [0, 0.05) is 12.6 Å². The van der Waals surface area contributed by atoms with Crippen molar-refractivity contribution in [2.75, 3.05) is 0 Å². The molecule has 0 amide bonds. The van der Waals surface area contributed by atoms with Crippen molar-refractivity contribution in [3.05, 3.63) is 65.5 Å². The van der Waals surface area contributed by atoms with Crippen LogP contribution in [-0.2, 0) is 11.2 Å². The minimum Gasteiger partial charge on any atom is -0.470 e. The monoisotopic (exact) mass is 236 g/mol. The van der Waals surface area contributed by atoms with Crippen molar-refractivity contribution in [1.29, 1.82) is 0 Å². The van der Waals surface area contributed by atoms with Crippen LogP contribution in [-0.4, -0.2) is 17.0 Å². The lowest BCUT2D eigenvalue weighted by Crippen LogP contribution is -2.14. The molecule has 18 heavy (non-hydrogen) atoms. The van der Waals surface area contributed by atoms with Gasteiger partial charge >= 0.3 is 0 Å². The third-order valence-corrected chi connectivity index (χ3v) is 3.55. The molecular weight excluding hydrogens is 224 g/mol. The number of benzene rings is 1. The van der Waals surface area contributed by atoms with E-state index in [1.54, 1.807) is 6.20 Å². The Labute approximate surface area is 105 Å². The zero-order valence-corrected chi connectivity index (χ0v) is 9.78. The molecule has 88 valence electrons. The van der Waals surface area contributed by atoms with Crippen molar-refractivity contribution in [2.24, 2.45) is 4.99 Å². The fraction of sp³-hybridized carbons (Fsp3) is 0.200. The number of fused-ring (bicyclic) bond motifs is 3. The highest BCUT2D eigenvalue weighted by Gasteiger charge is 2.39. The van der Waals surface area contributed by atoms with Crippen molar-refractivity contribution in [3.63, 3.8) is 0 Å². The van der Waals surface area contributed by atoms with Crippen LogP contribution in [0.4, 0.5) is 0 Å². The second-order valence-corrected chi connectivity index (χ2v) is 4.65. The molecule has 4 rings (SSSR count). The lowest BCUT2D eigenvalue weighted by Gasteiger charge is -2.08. The smallest absolute Gasteiger partial charge is 0.236 e. The van der Waals surface area contributed by atoms with E-state index in [9.17, 15) is 0 Å². The molecule has 3 nitrogen and oxygen atoms in total. The van der Waals surface area contributed by atoms with Gasteiger partial charge in [0.1, 0.15) is 17.8 Å². The van der Waals surface area contributed by atoms with E-state index in [1.807, 2.05) is 18.2 Å². The fourth-order valence-corrected chi connectivity index (χ4v) is 2.71. The first-order valence-electron chi connectivity index (χ1n) is 6.15. The van der Waals surface area contributed by atoms with Crippen LogP contribution in [0.2, 0.25) is 0 Å². The van der Waals surface area contributed by atoms with Gasteiger partial charge in [0.2, 0.25) is 5.90 Å². The molecule has 1 aromatic carbocycles.